The van der Waals surface area contributed by atoms with Gasteiger partial charge in [0.05, 0.1) is 6.54 Å². The number of aliphatic hydroxyl groups excluding tert-OH is 1. The number of aliphatic hydroxyl groups is 1. The molecular weight excluding hydrogens is 90.1 g/mol. The molecule has 0 amide bonds. The first-order chi connectivity index (χ1) is 3.39. The first-order valence-electron chi connectivity index (χ1n) is 2.26. The summed E-state index contributed by atoms with van der Waals surface area (Å²) >= 11 is 0. The van der Waals surface area contributed by atoms with Gasteiger partial charge in [0, 0.05) is 12.6 Å². The molecule has 1 aliphatic rings. The molecule has 0 radical (unpaired) electrons. The van der Waals surface area contributed by atoms with E-state index in [0.717, 1.165) is 6.42 Å². The smallest absolute Gasteiger partial charge is 0.110 e. The lowest BCUT2D eigenvalue weighted by Crippen LogP contribution is -1.92. The Morgan fingerprint density at radius 1 is 1.71 bits per heavy atom. The van der Waals surface area contributed by atoms with E-state index in [2.05, 4.69) is 4.99 Å². The highest BCUT2D eigenvalue weighted by Crippen LogP contribution is 1.95. The van der Waals surface area contributed by atoms with Gasteiger partial charge in [-0.3, -0.25) is 4.99 Å². The van der Waals surface area contributed by atoms with Gasteiger partial charge < -0.3 is 5.11 Å². The van der Waals surface area contributed by atoms with Crippen LogP contribution in [0, 0.1) is 0 Å². The second-order valence-electron chi connectivity index (χ2n) is 1.45. The van der Waals surface area contributed by atoms with Crippen molar-refractivity contribution in [3.63, 3.8) is 0 Å². The minimum Gasteiger partial charge on any atom is -0.511 e. The maximum Gasteiger partial charge on any atom is 0.110 e. The van der Waals surface area contributed by atoms with Gasteiger partial charge in [0.2, 0.25) is 0 Å². The van der Waals surface area contributed by atoms with Gasteiger partial charge >= 0.3 is 0 Å². The SMILES string of the molecule is OC1=CCC=NC1. The quantitative estimate of drug-likeness (QED) is 0.478. The molecule has 0 saturated carbocycles. The number of nitrogens with zero attached hydrogens (tertiary/aromatic N) is 1. The summed E-state index contributed by atoms with van der Waals surface area (Å²) in [5.74, 6) is 0.391. The molecule has 0 atom stereocenters. The summed E-state index contributed by atoms with van der Waals surface area (Å²) in [5.41, 5.74) is 0. The summed E-state index contributed by atoms with van der Waals surface area (Å²) in [4.78, 5) is 3.81. The molecule has 1 rings (SSSR count). The lowest BCUT2D eigenvalue weighted by molar-refractivity contribution is 0.400. The summed E-state index contributed by atoms with van der Waals surface area (Å²) in [5, 5.41) is 8.66. The molecule has 7 heavy (non-hydrogen) atoms. The van der Waals surface area contributed by atoms with Gasteiger partial charge in [-0.1, -0.05) is 0 Å². The second-order valence-corrected chi connectivity index (χ2v) is 1.45. The zero-order valence-electron chi connectivity index (χ0n) is 3.96. The highest BCUT2D eigenvalue weighted by atomic mass is 16.3. The van der Waals surface area contributed by atoms with E-state index in [1.807, 2.05) is 0 Å². The van der Waals surface area contributed by atoms with Gasteiger partial charge in [0.1, 0.15) is 5.76 Å². The van der Waals surface area contributed by atoms with E-state index in [1.54, 1.807) is 12.3 Å². The maximum atomic E-state index is 8.66. The van der Waals surface area contributed by atoms with Crippen LogP contribution in [0.1, 0.15) is 6.42 Å². The number of dihydropyridines is 1. The summed E-state index contributed by atoms with van der Waals surface area (Å²) in [6.45, 7) is 0.472. The second kappa shape index (κ2) is 1.78. The molecule has 1 heterocycles. The van der Waals surface area contributed by atoms with Crippen molar-refractivity contribution in [2.45, 2.75) is 6.42 Å². The third-order valence-electron chi connectivity index (χ3n) is 0.841. The largest absolute Gasteiger partial charge is 0.511 e. The average Bonchev–Trinajstić information content (AvgIpc) is 1.69. The predicted octanol–water partition coefficient (Wildman–Crippen LogP) is 0.903. The molecule has 38 valence electrons. The van der Waals surface area contributed by atoms with Crippen LogP contribution in [0.5, 0.6) is 0 Å². The van der Waals surface area contributed by atoms with Crippen LogP contribution in [0.15, 0.2) is 16.8 Å². The van der Waals surface area contributed by atoms with Gasteiger partial charge in [0.25, 0.3) is 0 Å². The van der Waals surface area contributed by atoms with Crippen molar-refractivity contribution in [1.29, 1.82) is 0 Å². The average molecular weight is 97.1 g/mol. The monoisotopic (exact) mass is 97.1 g/mol. The maximum absolute atomic E-state index is 8.66. The summed E-state index contributed by atoms with van der Waals surface area (Å²) < 4.78 is 0. The van der Waals surface area contributed by atoms with Crippen LogP contribution >= 0.6 is 0 Å². The zero-order chi connectivity index (χ0) is 5.11. The Morgan fingerprint density at radius 3 is 2.86 bits per heavy atom. The molecule has 2 heteroatoms. The van der Waals surface area contributed by atoms with E-state index in [9.17, 15) is 0 Å². The molecule has 0 aromatic heterocycles. The molecule has 0 spiro atoms. The number of hydrogen-bond acceptors (Lipinski definition) is 2. The van der Waals surface area contributed by atoms with Crippen LogP contribution < -0.4 is 0 Å². The van der Waals surface area contributed by atoms with Crippen LogP contribution in [0.25, 0.3) is 0 Å². The van der Waals surface area contributed by atoms with E-state index in [4.69, 9.17) is 5.11 Å². The van der Waals surface area contributed by atoms with Crippen molar-refractivity contribution in [3.05, 3.63) is 11.8 Å². The Morgan fingerprint density at radius 2 is 2.57 bits per heavy atom. The van der Waals surface area contributed by atoms with E-state index in [0.29, 0.717) is 12.3 Å². The molecule has 0 unspecified atom stereocenters. The third-order valence-corrected chi connectivity index (χ3v) is 0.841. The summed E-state index contributed by atoms with van der Waals surface area (Å²) in [6, 6.07) is 0. The molecule has 2 nitrogen and oxygen atoms in total. The first kappa shape index (κ1) is 4.37. The normalized spacial score (nSPS) is 19.1. The number of aliphatic imine (C=N–C) groups is 1. The van der Waals surface area contributed by atoms with Crippen LogP contribution in [-0.4, -0.2) is 17.9 Å². The lowest BCUT2D eigenvalue weighted by atomic mass is 10.3. The summed E-state index contributed by atoms with van der Waals surface area (Å²) in [7, 11) is 0. The van der Waals surface area contributed by atoms with Crippen molar-refractivity contribution in [2.24, 2.45) is 4.99 Å². The Labute approximate surface area is 42.2 Å². The van der Waals surface area contributed by atoms with E-state index < -0.39 is 0 Å². The Bertz CT molecular complexity index is 115. The molecule has 1 N–H and O–H groups in total. The Hall–Kier alpha value is -0.790. The Balaban J connectivity index is 2.50. The van der Waals surface area contributed by atoms with Gasteiger partial charge in [-0.2, -0.15) is 0 Å². The Kier molecular flexibility index (Phi) is 1.11. The minimum atomic E-state index is 0.391. The highest BCUT2D eigenvalue weighted by Gasteiger charge is 1.91. The molecular formula is C5H7NO. The first-order valence-corrected chi connectivity index (χ1v) is 2.26. The van der Waals surface area contributed by atoms with E-state index >= 15 is 0 Å². The molecule has 0 fully saturated rings. The van der Waals surface area contributed by atoms with Crippen molar-refractivity contribution in [2.75, 3.05) is 6.54 Å². The highest BCUT2D eigenvalue weighted by molar-refractivity contribution is 5.61. The van der Waals surface area contributed by atoms with E-state index in [-0.39, 0.29) is 0 Å². The van der Waals surface area contributed by atoms with Crippen LogP contribution in [0.3, 0.4) is 0 Å². The fourth-order valence-corrected chi connectivity index (χ4v) is 0.486. The third kappa shape index (κ3) is 1.03. The van der Waals surface area contributed by atoms with Crippen LogP contribution in [0.2, 0.25) is 0 Å². The van der Waals surface area contributed by atoms with Gasteiger partial charge in [0.15, 0.2) is 0 Å². The van der Waals surface area contributed by atoms with Gasteiger partial charge in [-0.05, 0) is 6.08 Å². The van der Waals surface area contributed by atoms with E-state index in [1.165, 1.54) is 0 Å². The number of hydrogen-bond donors (Lipinski definition) is 1. The van der Waals surface area contributed by atoms with Crippen molar-refractivity contribution >= 4 is 6.21 Å². The number of rotatable bonds is 0. The molecule has 0 aliphatic carbocycles. The number of allylic oxidation sites excluding steroid dienone is 1. The van der Waals surface area contributed by atoms with Crippen molar-refractivity contribution < 1.29 is 5.11 Å². The molecule has 0 bridgehead atoms. The van der Waals surface area contributed by atoms with Crippen LogP contribution in [0.4, 0.5) is 0 Å². The zero-order valence-corrected chi connectivity index (χ0v) is 3.96. The summed E-state index contributed by atoms with van der Waals surface area (Å²) in [6.07, 6.45) is 4.33. The minimum absolute atomic E-state index is 0.391. The van der Waals surface area contributed by atoms with Crippen molar-refractivity contribution in [1.82, 2.24) is 0 Å². The van der Waals surface area contributed by atoms with Crippen LogP contribution in [-0.2, 0) is 0 Å². The molecule has 0 aromatic rings. The molecule has 0 aromatic carbocycles. The molecule has 1 aliphatic heterocycles. The van der Waals surface area contributed by atoms with Gasteiger partial charge in [-0.15, -0.1) is 0 Å². The topological polar surface area (TPSA) is 32.6 Å². The fraction of sp³-hybridized carbons (Fsp3) is 0.400. The van der Waals surface area contributed by atoms with Gasteiger partial charge in [-0.25, -0.2) is 0 Å². The standard InChI is InChI=1S/C5H7NO/c7-5-2-1-3-6-4-5/h2-3,7H,1,4H2. The van der Waals surface area contributed by atoms with Crippen molar-refractivity contribution in [3.8, 4) is 0 Å². The fourth-order valence-electron chi connectivity index (χ4n) is 0.486. The molecule has 0 saturated heterocycles. The predicted molar refractivity (Wildman–Crippen MR) is 28.7 cm³/mol. The lowest BCUT2D eigenvalue weighted by Gasteiger charge is -1.96.